The van der Waals surface area contributed by atoms with Crippen LogP contribution in [-0.4, -0.2) is 34.4 Å². The molecule has 0 saturated carbocycles. The number of hydrogen-bond acceptors (Lipinski definition) is 8. The van der Waals surface area contributed by atoms with E-state index in [0.29, 0.717) is 28.1 Å². The second-order valence-corrected chi connectivity index (χ2v) is 8.71. The van der Waals surface area contributed by atoms with Gasteiger partial charge in [0.2, 0.25) is 11.8 Å². The zero-order chi connectivity index (χ0) is 23.0. The highest BCUT2D eigenvalue weighted by molar-refractivity contribution is 7.99. The molecule has 0 unspecified atom stereocenters. The van der Waals surface area contributed by atoms with Gasteiger partial charge in [0.15, 0.2) is 0 Å². The molecule has 2 aromatic heterocycles. The minimum Gasteiger partial charge on any atom is -0.462 e. The van der Waals surface area contributed by atoms with Gasteiger partial charge in [0.05, 0.1) is 18.8 Å². The van der Waals surface area contributed by atoms with Crippen LogP contribution in [0.1, 0.15) is 28.7 Å². The molecule has 0 radical (unpaired) electrons. The van der Waals surface area contributed by atoms with E-state index in [1.54, 1.807) is 6.92 Å². The fraction of sp³-hybridized carbons (Fsp3) is 0.167. The molecule has 4 rings (SSSR count). The quantitative estimate of drug-likeness (QED) is 0.257. The van der Waals surface area contributed by atoms with E-state index in [0.717, 1.165) is 28.5 Å². The molecule has 2 aromatic carbocycles. The Morgan fingerprint density at radius 1 is 1.06 bits per heavy atom. The summed E-state index contributed by atoms with van der Waals surface area (Å²) >= 11 is 2.43. The maximum Gasteiger partial charge on any atom is 0.341 e. The molecule has 2 heterocycles. The van der Waals surface area contributed by atoms with Crippen molar-refractivity contribution in [2.45, 2.75) is 18.6 Å². The summed E-state index contributed by atoms with van der Waals surface area (Å²) in [5, 5.41) is 13.5. The number of thiophene rings is 1. The van der Waals surface area contributed by atoms with Gasteiger partial charge < -0.3 is 14.5 Å². The van der Waals surface area contributed by atoms with Crippen molar-refractivity contribution in [3.63, 3.8) is 0 Å². The number of amides is 1. The Bertz CT molecular complexity index is 1220. The van der Waals surface area contributed by atoms with Gasteiger partial charge in [-0.1, -0.05) is 72.4 Å². The first-order chi connectivity index (χ1) is 16.1. The number of hydrogen-bond donors (Lipinski definition) is 1. The first-order valence-corrected chi connectivity index (χ1v) is 12.1. The largest absolute Gasteiger partial charge is 0.462 e. The number of esters is 1. The van der Waals surface area contributed by atoms with Crippen molar-refractivity contribution in [3.05, 3.63) is 83.1 Å². The Hall–Kier alpha value is -3.43. The van der Waals surface area contributed by atoms with E-state index in [4.69, 9.17) is 9.15 Å². The van der Waals surface area contributed by atoms with Gasteiger partial charge in [-0.2, -0.15) is 0 Å². The van der Waals surface area contributed by atoms with Crippen LogP contribution in [0, 0.1) is 0 Å². The van der Waals surface area contributed by atoms with Crippen LogP contribution in [0.5, 0.6) is 0 Å². The molecule has 9 heteroatoms. The van der Waals surface area contributed by atoms with Gasteiger partial charge in [-0.3, -0.25) is 4.79 Å². The molecule has 0 aliphatic heterocycles. The first kappa shape index (κ1) is 22.8. The maximum atomic E-state index is 12.6. The zero-order valence-electron chi connectivity index (χ0n) is 17.8. The van der Waals surface area contributed by atoms with Gasteiger partial charge in [-0.15, -0.1) is 21.5 Å². The van der Waals surface area contributed by atoms with Gasteiger partial charge in [-0.25, -0.2) is 4.79 Å². The highest BCUT2D eigenvalue weighted by Gasteiger charge is 2.23. The lowest BCUT2D eigenvalue weighted by Crippen LogP contribution is -2.16. The van der Waals surface area contributed by atoms with E-state index in [9.17, 15) is 9.59 Å². The predicted molar refractivity (Wildman–Crippen MR) is 129 cm³/mol. The van der Waals surface area contributed by atoms with Crippen molar-refractivity contribution >= 4 is 40.0 Å². The Kier molecular flexibility index (Phi) is 7.54. The van der Waals surface area contributed by atoms with Gasteiger partial charge in [0, 0.05) is 10.9 Å². The average molecular weight is 480 g/mol. The number of benzene rings is 2. The number of rotatable bonds is 9. The third kappa shape index (κ3) is 5.88. The molecule has 168 valence electrons. The highest BCUT2D eigenvalue weighted by atomic mass is 32.2. The van der Waals surface area contributed by atoms with Crippen molar-refractivity contribution < 1.29 is 18.7 Å². The summed E-state index contributed by atoms with van der Waals surface area (Å²) in [6.07, 6.45) is 0.529. The van der Waals surface area contributed by atoms with Gasteiger partial charge >= 0.3 is 5.97 Å². The number of nitrogens with zero attached hydrogens (tertiary/aromatic N) is 2. The number of anilines is 1. The molecule has 1 N–H and O–H groups in total. The van der Waals surface area contributed by atoms with Gasteiger partial charge in [0.25, 0.3) is 5.22 Å². The average Bonchev–Trinajstić information content (AvgIpc) is 3.46. The molecule has 7 nitrogen and oxygen atoms in total. The predicted octanol–water partition coefficient (Wildman–Crippen LogP) is 5.30. The molecule has 0 aliphatic carbocycles. The molecule has 4 aromatic rings. The fourth-order valence-corrected chi connectivity index (χ4v) is 4.67. The van der Waals surface area contributed by atoms with Crippen molar-refractivity contribution in [2.75, 3.05) is 17.7 Å². The van der Waals surface area contributed by atoms with E-state index < -0.39 is 5.97 Å². The van der Waals surface area contributed by atoms with Crippen LogP contribution in [0.2, 0.25) is 0 Å². The summed E-state index contributed by atoms with van der Waals surface area (Å²) in [5.41, 5.74) is 3.02. The Balaban J connectivity index is 1.41. The summed E-state index contributed by atoms with van der Waals surface area (Å²) in [7, 11) is 0. The topological polar surface area (TPSA) is 94.3 Å². The normalized spacial score (nSPS) is 10.7. The SMILES string of the molecule is CCOC(=O)c1c(-c2ccccc2)csc1NC(=O)CSc1nnc(Cc2ccccc2)o1. The van der Waals surface area contributed by atoms with Crippen molar-refractivity contribution in [1.29, 1.82) is 0 Å². The van der Waals surface area contributed by atoms with Crippen LogP contribution in [0.25, 0.3) is 11.1 Å². The van der Waals surface area contributed by atoms with E-state index >= 15 is 0 Å². The Morgan fingerprint density at radius 3 is 2.52 bits per heavy atom. The molecule has 0 aliphatic rings. The Morgan fingerprint density at radius 2 is 1.79 bits per heavy atom. The standard InChI is InChI=1S/C24H21N3O4S2/c1-2-30-23(29)21-18(17-11-7-4-8-12-17)14-32-22(21)25-19(28)15-33-24-27-26-20(31-24)13-16-9-5-3-6-10-16/h3-12,14H,2,13,15H2,1H3,(H,25,28). The van der Waals surface area contributed by atoms with Gasteiger partial charge in [0.1, 0.15) is 10.6 Å². The summed E-state index contributed by atoms with van der Waals surface area (Å²) in [5.74, 6) is -0.203. The summed E-state index contributed by atoms with van der Waals surface area (Å²) < 4.78 is 10.9. The number of thioether (sulfide) groups is 1. The maximum absolute atomic E-state index is 12.6. The molecular formula is C24H21N3O4S2. The third-order valence-corrected chi connectivity index (χ3v) is 6.30. The van der Waals surface area contributed by atoms with E-state index in [-0.39, 0.29) is 18.3 Å². The molecule has 33 heavy (non-hydrogen) atoms. The minimum absolute atomic E-state index is 0.0633. The first-order valence-electron chi connectivity index (χ1n) is 10.3. The van der Waals surface area contributed by atoms with Crippen LogP contribution in [0.3, 0.4) is 0 Å². The molecule has 1 amide bonds. The monoisotopic (exact) mass is 479 g/mol. The molecule has 0 atom stereocenters. The lowest BCUT2D eigenvalue weighted by atomic mass is 10.0. The number of nitrogens with one attached hydrogen (secondary N) is 1. The second-order valence-electron chi connectivity index (χ2n) is 6.90. The van der Waals surface area contributed by atoms with E-state index in [1.807, 2.05) is 66.0 Å². The number of carbonyl (C=O) groups is 2. The van der Waals surface area contributed by atoms with E-state index in [2.05, 4.69) is 15.5 Å². The van der Waals surface area contributed by atoms with Gasteiger partial charge in [-0.05, 0) is 18.1 Å². The molecule has 0 fully saturated rings. The third-order valence-electron chi connectivity index (χ3n) is 4.58. The molecule has 0 spiro atoms. The lowest BCUT2D eigenvalue weighted by molar-refractivity contribution is -0.113. The Labute approximate surface area is 199 Å². The van der Waals surface area contributed by atoms with Crippen molar-refractivity contribution in [1.82, 2.24) is 10.2 Å². The minimum atomic E-state index is -0.469. The van der Waals surface area contributed by atoms with Crippen LogP contribution in [0.15, 0.2) is 75.7 Å². The molecular weight excluding hydrogens is 458 g/mol. The van der Waals surface area contributed by atoms with Crippen molar-refractivity contribution in [2.24, 2.45) is 0 Å². The zero-order valence-corrected chi connectivity index (χ0v) is 19.4. The summed E-state index contributed by atoms with van der Waals surface area (Å²) in [6.45, 7) is 1.99. The molecule has 0 bridgehead atoms. The smallest absolute Gasteiger partial charge is 0.341 e. The lowest BCUT2D eigenvalue weighted by Gasteiger charge is -2.08. The van der Waals surface area contributed by atoms with Crippen LogP contribution >= 0.6 is 23.1 Å². The summed E-state index contributed by atoms with van der Waals surface area (Å²) in [6, 6.07) is 19.3. The second kappa shape index (κ2) is 10.9. The van der Waals surface area contributed by atoms with Crippen LogP contribution in [-0.2, 0) is 16.0 Å². The van der Waals surface area contributed by atoms with Crippen LogP contribution < -0.4 is 5.32 Å². The number of aromatic nitrogens is 2. The van der Waals surface area contributed by atoms with E-state index in [1.165, 1.54) is 11.3 Å². The highest BCUT2D eigenvalue weighted by Crippen LogP contribution is 2.36. The molecule has 0 saturated heterocycles. The number of ether oxygens (including phenoxy) is 1. The summed E-state index contributed by atoms with van der Waals surface area (Å²) in [4.78, 5) is 25.2. The fourth-order valence-electron chi connectivity index (χ4n) is 3.11. The van der Waals surface area contributed by atoms with Crippen molar-refractivity contribution in [3.8, 4) is 11.1 Å². The number of carbonyl (C=O) groups excluding carboxylic acids is 2. The van der Waals surface area contributed by atoms with Crippen LogP contribution in [0.4, 0.5) is 5.00 Å².